The van der Waals surface area contributed by atoms with Crippen molar-refractivity contribution >= 4 is 22.5 Å². The normalized spacial score (nSPS) is 11.5. The number of fused-ring (bicyclic) bond motifs is 3. The van der Waals surface area contributed by atoms with Crippen molar-refractivity contribution in [3.63, 3.8) is 0 Å². The van der Waals surface area contributed by atoms with E-state index in [4.69, 9.17) is 9.47 Å². The monoisotopic (exact) mass is 400 g/mol. The van der Waals surface area contributed by atoms with Gasteiger partial charge in [-0.15, -0.1) is 0 Å². The maximum Gasteiger partial charge on any atom is 0.274 e. The summed E-state index contributed by atoms with van der Waals surface area (Å²) in [6.07, 6.45) is 3.44. The SMILES string of the molecule is CCC(CC)c1ncc2c(=O)[nH]c3cc(C(=O)N(C)CCOC)c(OC)cc3n12. The molecule has 0 aliphatic heterocycles. The van der Waals surface area contributed by atoms with Crippen LogP contribution in [0.3, 0.4) is 0 Å². The highest BCUT2D eigenvalue weighted by Crippen LogP contribution is 2.29. The lowest BCUT2D eigenvalue weighted by Gasteiger charge is -2.19. The van der Waals surface area contributed by atoms with Gasteiger partial charge in [-0.1, -0.05) is 13.8 Å². The summed E-state index contributed by atoms with van der Waals surface area (Å²) in [6, 6.07) is 3.47. The van der Waals surface area contributed by atoms with Gasteiger partial charge in [-0.25, -0.2) is 4.98 Å². The molecule has 0 unspecified atom stereocenters. The van der Waals surface area contributed by atoms with Crippen molar-refractivity contribution in [2.75, 3.05) is 34.4 Å². The Hall–Kier alpha value is -2.87. The Bertz CT molecular complexity index is 1080. The van der Waals surface area contributed by atoms with Crippen molar-refractivity contribution in [1.82, 2.24) is 19.3 Å². The minimum Gasteiger partial charge on any atom is -0.496 e. The van der Waals surface area contributed by atoms with E-state index in [2.05, 4.69) is 23.8 Å². The van der Waals surface area contributed by atoms with Gasteiger partial charge in [0, 0.05) is 32.7 Å². The van der Waals surface area contributed by atoms with E-state index in [9.17, 15) is 9.59 Å². The molecule has 0 bridgehead atoms. The number of hydrogen-bond acceptors (Lipinski definition) is 5. The number of ether oxygens (including phenoxy) is 2. The Balaban J connectivity index is 2.24. The van der Waals surface area contributed by atoms with Crippen LogP contribution in [-0.2, 0) is 4.74 Å². The number of nitrogens with zero attached hydrogens (tertiary/aromatic N) is 3. The van der Waals surface area contributed by atoms with Crippen LogP contribution in [0.25, 0.3) is 16.6 Å². The number of aromatic amines is 1. The third-order valence-electron chi connectivity index (χ3n) is 5.39. The van der Waals surface area contributed by atoms with Crippen LogP contribution in [0.2, 0.25) is 0 Å². The van der Waals surface area contributed by atoms with E-state index in [0.717, 1.165) is 24.2 Å². The van der Waals surface area contributed by atoms with Gasteiger partial charge in [-0.2, -0.15) is 0 Å². The molecule has 3 rings (SSSR count). The molecule has 156 valence electrons. The molecule has 29 heavy (non-hydrogen) atoms. The minimum atomic E-state index is -0.237. The fraction of sp³-hybridized carbons (Fsp3) is 0.476. The molecule has 0 spiro atoms. The Kier molecular flexibility index (Phi) is 6.22. The molecule has 0 aliphatic rings. The lowest BCUT2D eigenvalue weighted by molar-refractivity contribution is 0.0741. The lowest BCUT2D eigenvalue weighted by Crippen LogP contribution is -2.30. The molecule has 8 nitrogen and oxygen atoms in total. The summed E-state index contributed by atoms with van der Waals surface area (Å²) in [5.74, 6) is 1.33. The number of carbonyl (C=O) groups is 1. The maximum atomic E-state index is 12.9. The Labute approximate surface area is 169 Å². The van der Waals surface area contributed by atoms with Gasteiger partial charge in [0.25, 0.3) is 11.5 Å². The van der Waals surface area contributed by atoms with E-state index in [1.165, 1.54) is 7.11 Å². The lowest BCUT2D eigenvalue weighted by atomic mass is 10.0. The van der Waals surface area contributed by atoms with Crippen LogP contribution >= 0.6 is 0 Å². The van der Waals surface area contributed by atoms with Crippen LogP contribution in [0.4, 0.5) is 0 Å². The molecular weight excluding hydrogens is 372 g/mol. The van der Waals surface area contributed by atoms with Crippen molar-refractivity contribution < 1.29 is 14.3 Å². The minimum absolute atomic E-state index is 0.201. The molecule has 0 atom stereocenters. The van der Waals surface area contributed by atoms with E-state index >= 15 is 0 Å². The first-order chi connectivity index (χ1) is 14.0. The zero-order valence-electron chi connectivity index (χ0n) is 17.6. The fourth-order valence-corrected chi connectivity index (χ4v) is 3.63. The molecule has 1 aromatic carbocycles. The van der Waals surface area contributed by atoms with Crippen LogP contribution in [0.1, 0.15) is 48.8 Å². The number of nitrogens with one attached hydrogen (secondary N) is 1. The number of imidazole rings is 1. The first-order valence-electron chi connectivity index (χ1n) is 9.82. The van der Waals surface area contributed by atoms with Crippen molar-refractivity contribution in [3.8, 4) is 5.75 Å². The number of carbonyl (C=O) groups excluding carboxylic acids is 1. The highest BCUT2D eigenvalue weighted by atomic mass is 16.5. The molecule has 0 saturated heterocycles. The summed E-state index contributed by atoms with van der Waals surface area (Å²) in [6.45, 7) is 5.10. The van der Waals surface area contributed by atoms with Gasteiger partial charge in [-0.05, 0) is 18.9 Å². The van der Waals surface area contributed by atoms with Gasteiger partial charge in [0.2, 0.25) is 0 Å². The van der Waals surface area contributed by atoms with Crippen LogP contribution < -0.4 is 10.3 Å². The second-order valence-electron chi connectivity index (χ2n) is 7.09. The highest BCUT2D eigenvalue weighted by molar-refractivity contribution is 6.00. The van der Waals surface area contributed by atoms with Gasteiger partial charge in [0.1, 0.15) is 17.1 Å². The molecule has 0 fully saturated rings. The van der Waals surface area contributed by atoms with E-state index in [0.29, 0.717) is 35.5 Å². The van der Waals surface area contributed by atoms with E-state index in [1.807, 2.05) is 4.40 Å². The van der Waals surface area contributed by atoms with Crippen molar-refractivity contribution in [2.24, 2.45) is 0 Å². The molecule has 8 heteroatoms. The van der Waals surface area contributed by atoms with Crippen LogP contribution in [0.15, 0.2) is 23.1 Å². The van der Waals surface area contributed by atoms with Crippen molar-refractivity contribution in [1.29, 1.82) is 0 Å². The third-order valence-corrected chi connectivity index (χ3v) is 5.39. The quantitative estimate of drug-likeness (QED) is 0.628. The first-order valence-corrected chi connectivity index (χ1v) is 9.82. The molecular formula is C21H28N4O4. The number of likely N-dealkylation sites (N-methyl/N-ethyl adjacent to an activating group) is 1. The average molecular weight is 400 g/mol. The summed E-state index contributed by atoms with van der Waals surface area (Å²) in [5.41, 5.74) is 1.96. The highest BCUT2D eigenvalue weighted by Gasteiger charge is 2.22. The van der Waals surface area contributed by atoms with Gasteiger partial charge >= 0.3 is 0 Å². The number of rotatable bonds is 8. The van der Waals surface area contributed by atoms with E-state index in [1.54, 1.807) is 37.4 Å². The van der Waals surface area contributed by atoms with Crippen molar-refractivity contribution in [2.45, 2.75) is 32.6 Å². The summed E-state index contributed by atoms with van der Waals surface area (Å²) < 4.78 is 12.5. The molecule has 2 heterocycles. The fourth-order valence-electron chi connectivity index (χ4n) is 3.63. The summed E-state index contributed by atoms with van der Waals surface area (Å²) in [7, 11) is 4.83. The zero-order valence-corrected chi connectivity index (χ0v) is 17.6. The molecule has 0 saturated carbocycles. The topological polar surface area (TPSA) is 88.9 Å². The molecule has 3 aromatic rings. The second kappa shape index (κ2) is 8.65. The summed E-state index contributed by atoms with van der Waals surface area (Å²) in [4.78, 5) is 34.6. The van der Waals surface area contributed by atoms with Crippen LogP contribution in [0.5, 0.6) is 5.75 Å². The van der Waals surface area contributed by atoms with Gasteiger partial charge in [0.05, 0.1) is 36.5 Å². The maximum absolute atomic E-state index is 12.9. The second-order valence-corrected chi connectivity index (χ2v) is 7.09. The Morgan fingerprint density at radius 2 is 1.97 bits per heavy atom. The average Bonchev–Trinajstić information content (AvgIpc) is 3.17. The number of aromatic nitrogens is 3. The number of H-pyrrole nitrogens is 1. The van der Waals surface area contributed by atoms with Crippen LogP contribution in [-0.4, -0.2) is 59.6 Å². The number of benzene rings is 1. The molecule has 1 amide bonds. The summed E-state index contributed by atoms with van der Waals surface area (Å²) in [5, 5.41) is 0. The Morgan fingerprint density at radius 3 is 2.59 bits per heavy atom. The first kappa shape index (κ1) is 20.9. The number of amides is 1. The standard InChI is InChI=1S/C21H28N4O4/c1-6-13(7-2)19-22-12-17-20(26)23-15-10-14(21(27)24(3)8-9-28-4)18(29-5)11-16(15)25(17)19/h10-13H,6-9H2,1-5H3,(H,23,26). The van der Waals surface area contributed by atoms with Crippen LogP contribution in [0, 0.1) is 0 Å². The van der Waals surface area contributed by atoms with Crippen molar-refractivity contribution in [3.05, 3.63) is 40.1 Å². The van der Waals surface area contributed by atoms with E-state index in [-0.39, 0.29) is 17.4 Å². The third kappa shape index (κ3) is 3.72. The Morgan fingerprint density at radius 1 is 1.24 bits per heavy atom. The smallest absolute Gasteiger partial charge is 0.274 e. The largest absolute Gasteiger partial charge is 0.496 e. The number of methoxy groups -OCH3 is 2. The number of hydrogen-bond donors (Lipinski definition) is 1. The predicted molar refractivity (Wildman–Crippen MR) is 112 cm³/mol. The molecule has 1 N–H and O–H groups in total. The van der Waals surface area contributed by atoms with Gasteiger partial charge in [-0.3, -0.25) is 14.0 Å². The van der Waals surface area contributed by atoms with E-state index < -0.39 is 0 Å². The molecule has 2 aromatic heterocycles. The summed E-state index contributed by atoms with van der Waals surface area (Å²) >= 11 is 0. The van der Waals surface area contributed by atoms with Gasteiger partial charge in [0.15, 0.2) is 0 Å². The molecule has 0 radical (unpaired) electrons. The zero-order chi connectivity index (χ0) is 21.1. The van der Waals surface area contributed by atoms with Gasteiger partial charge < -0.3 is 19.4 Å². The molecule has 0 aliphatic carbocycles. The predicted octanol–water partition coefficient (Wildman–Crippen LogP) is 2.81.